The molecule has 0 saturated carbocycles. The monoisotopic (exact) mass is 753 g/mol. The van der Waals surface area contributed by atoms with Gasteiger partial charge in [0.1, 0.15) is 35.3 Å². The van der Waals surface area contributed by atoms with E-state index >= 15 is 8.78 Å². The van der Waals surface area contributed by atoms with Gasteiger partial charge in [-0.25, -0.2) is 31.5 Å². The van der Waals surface area contributed by atoms with E-state index in [1.54, 1.807) is 23.1 Å². The molecule has 0 radical (unpaired) electrons. The second-order valence-electron chi connectivity index (χ2n) is 12.5. The van der Waals surface area contributed by atoms with Gasteiger partial charge >= 0.3 is 6.18 Å². The summed E-state index contributed by atoms with van der Waals surface area (Å²) in [7, 11) is 1.64. The number of halogens is 6. The molecular weight excluding hydrogens is 717 g/mol. The van der Waals surface area contributed by atoms with Gasteiger partial charge in [-0.1, -0.05) is 11.6 Å². The van der Waals surface area contributed by atoms with Crippen LogP contribution in [0.4, 0.5) is 33.5 Å². The predicted octanol–water partition coefficient (Wildman–Crippen LogP) is 7.37. The van der Waals surface area contributed by atoms with Crippen molar-refractivity contribution in [2.75, 3.05) is 50.6 Å². The highest BCUT2D eigenvalue weighted by Gasteiger charge is 2.39. The fraction of sp³-hybridized carbons (Fsp3) is 0.371. The van der Waals surface area contributed by atoms with E-state index < -0.39 is 43.8 Å². The molecule has 274 valence electrons. The first-order valence-electron chi connectivity index (χ1n) is 15.9. The molecule has 1 aliphatic rings. The van der Waals surface area contributed by atoms with Crippen LogP contribution < -0.4 is 18.7 Å². The highest BCUT2D eigenvalue weighted by molar-refractivity contribution is 7.92. The molecule has 1 atom stereocenters. The minimum atomic E-state index is -4.91. The van der Waals surface area contributed by atoms with Crippen LogP contribution in [0.25, 0.3) is 0 Å². The van der Waals surface area contributed by atoms with Crippen LogP contribution in [-0.4, -0.2) is 70.2 Å². The summed E-state index contributed by atoms with van der Waals surface area (Å²) in [5.41, 5.74) is -0.504. The summed E-state index contributed by atoms with van der Waals surface area (Å²) in [5.74, 6) is -1.99. The second kappa shape index (κ2) is 15.2. The normalized spacial score (nSPS) is 16.7. The summed E-state index contributed by atoms with van der Waals surface area (Å²) in [4.78, 5) is 10.5. The summed E-state index contributed by atoms with van der Waals surface area (Å²) >= 11 is 6.02. The first-order valence-corrected chi connectivity index (χ1v) is 17.7. The summed E-state index contributed by atoms with van der Waals surface area (Å²) in [5, 5.41) is -0.0218. The van der Waals surface area contributed by atoms with E-state index in [0.29, 0.717) is 42.7 Å². The van der Waals surface area contributed by atoms with Crippen molar-refractivity contribution in [3.63, 3.8) is 0 Å². The first kappa shape index (κ1) is 38.0. The zero-order valence-electron chi connectivity index (χ0n) is 28.3. The Morgan fingerprint density at radius 2 is 1.73 bits per heavy atom. The summed E-state index contributed by atoms with van der Waals surface area (Å²) in [6.07, 6.45) is -0.154. The molecule has 51 heavy (non-hydrogen) atoms. The van der Waals surface area contributed by atoms with Gasteiger partial charge in [0.2, 0.25) is 0 Å². The van der Waals surface area contributed by atoms with Crippen LogP contribution >= 0.6 is 11.6 Å². The Bertz CT molecular complexity index is 1950. The van der Waals surface area contributed by atoms with Crippen LogP contribution in [0.5, 0.6) is 11.5 Å². The van der Waals surface area contributed by atoms with E-state index in [0.717, 1.165) is 34.9 Å². The summed E-state index contributed by atoms with van der Waals surface area (Å²) < 4.78 is 112. The third-order valence-electron chi connectivity index (χ3n) is 9.19. The minimum Gasteiger partial charge on any atom is -0.497 e. The molecule has 1 saturated heterocycles. The largest absolute Gasteiger partial charge is 0.497 e. The molecule has 1 aromatic heterocycles. The average molecular weight is 754 g/mol. The third kappa shape index (κ3) is 8.31. The van der Waals surface area contributed by atoms with Crippen molar-refractivity contribution >= 4 is 33.1 Å². The molecule has 16 heteroatoms. The fourth-order valence-electron chi connectivity index (χ4n) is 6.40. The number of likely N-dealkylation sites (N-methyl/N-ethyl adjacent to an activating group) is 1. The van der Waals surface area contributed by atoms with Crippen molar-refractivity contribution in [1.29, 1.82) is 0 Å². The van der Waals surface area contributed by atoms with Crippen molar-refractivity contribution in [2.24, 2.45) is 0 Å². The highest BCUT2D eigenvalue weighted by Crippen LogP contribution is 2.38. The molecule has 1 fully saturated rings. The number of alkyl halides is 3. The zero-order valence-corrected chi connectivity index (χ0v) is 29.9. The number of hydrogen-bond acceptors (Lipinski definition) is 8. The van der Waals surface area contributed by atoms with E-state index in [-0.39, 0.29) is 41.8 Å². The molecule has 0 bridgehead atoms. The van der Waals surface area contributed by atoms with Crippen molar-refractivity contribution < 1.29 is 39.8 Å². The van der Waals surface area contributed by atoms with Crippen molar-refractivity contribution in [1.82, 2.24) is 14.9 Å². The van der Waals surface area contributed by atoms with Crippen molar-refractivity contribution in [2.45, 2.75) is 48.8 Å². The molecule has 0 aliphatic carbocycles. The number of sulfonamides is 1. The van der Waals surface area contributed by atoms with E-state index in [1.807, 2.05) is 19.0 Å². The maximum Gasteiger partial charge on any atom is 0.416 e. The molecule has 1 aliphatic heterocycles. The number of aromatic nitrogens is 2. The maximum absolute atomic E-state index is 16.1. The lowest BCUT2D eigenvalue weighted by Crippen LogP contribution is -2.56. The first-order chi connectivity index (χ1) is 24.1. The number of nitrogens with zero attached hydrogens (tertiary/aromatic N) is 5. The number of piperidine rings is 1. The lowest BCUT2D eigenvalue weighted by molar-refractivity contribution is -0.137. The van der Waals surface area contributed by atoms with Crippen molar-refractivity contribution in [3.05, 3.63) is 100 Å². The quantitative estimate of drug-likeness (QED) is 0.139. The molecule has 0 unspecified atom stereocenters. The van der Waals surface area contributed by atoms with Crippen molar-refractivity contribution in [3.8, 4) is 11.5 Å². The number of ether oxygens (including phenoxy) is 2. The van der Waals surface area contributed by atoms with Crippen LogP contribution in [0.3, 0.4) is 0 Å². The average Bonchev–Trinajstić information content (AvgIpc) is 3.09. The molecule has 9 nitrogen and oxygen atoms in total. The van der Waals surface area contributed by atoms with Crippen LogP contribution in [0.1, 0.15) is 36.0 Å². The Morgan fingerprint density at radius 1 is 1.00 bits per heavy atom. The van der Waals surface area contributed by atoms with E-state index in [2.05, 4.69) is 9.97 Å². The second-order valence-corrected chi connectivity index (χ2v) is 14.7. The van der Waals surface area contributed by atoms with Gasteiger partial charge in [-0.05, 0) is 87.8 Å². The van der Waals surface area contributed by atoms with Gasteiger partial charge in [-0.3, -0.25) is 0 Å². The molecule has 0 spiro atoms. The van der Waals surface area contributed by atoms with Gasteiger partial charge in [-0.2, -0.15) is 13.2 Å². The Morgan fingerprint density at radius 3 is 2.33 bits per heavy atom. The van der Waals surface area contributed by atoms with E-state index in [1.165, 1.54) is 32.5 Å². The van der Waals surface area contributed by atoms with Gasteiger partial charge in [0, 0.05) is 53.2 Å². The number of aryl methyl sites for hydroxylation is 1. The van der Waals surface area contributed by atoms with Crippen LogP contribution in [0, 0.1) is 11.6 Å². The lowest BCUT2D eigenvalue weighted by Gasteiger charge is -2.48. The van der Waals surface area contributed by atoms with Gasteiger partial charge in [0.05, 0.1) is 26.3 Å². The molecule has 4 aromatic rings. The van der Waals surface area contributed by atoms with E-state index in [4.69, 9.17) is 21.1 Å². The maximum atomic E-state index is 16.1. The number of rotatable bonds is 12. The Labute approximate surface area is 298 Å². The molecule has 3 aromatic carbocycles. The Balaban J connectivity index is 1.45. The molecule has 5 rings (SSSR count). The van der Waals surface area contributed by atoms with Crippen LogP contribution in [0.15, 0.2) is 72.0 Å². The highest BCUT2D eigenvalue weighted by atomic mass is 35.5. The predicted molar refractivity (Wildman–Crippen MR) is 184 cm³/mol. The SMILES string of the molecule is COc1ccc(CN(c2ccncn2)S(=O)(=O)c2c(F)cc(N3CCC[C@](CCc4cc(Cl)cc(C(F)(F)F)c4)(N(C)C)C3)cc2F)c(OC)c1. The van der Waals surface area contributed by atoms with E-state index in [9.17, 15) is 21.6 Å². The topological polar surface area (TPSA) is 88.1 Å². The molecule has 0 amide bonds. The molecular formula is C35H37ClF5N5O4S. The summed E-state index contributed by atoms with van der Waals surface area (Å²) in [6.45, 7) is 0.310. The Kier molecular flexibility index (Phi) is 11.3. The molecule has 2 heterocycles. The van der Waals surface area contributed by atoms with Crippen LogP contribution in [-0.2, 0) is 29.2 Å². The summed E-state index contributed by atoms with van der Waals surface area (Å²) in [6, 6.07) is 11.5. The number of anilines is 2. The molecule has 0 N–H and O–H groups in total. The number of methoxy groups -OCH3 is 2. The van der Waals surface area contributed by atoms with Gasteiger partial charge < -0.3 is 19.3 Å². The van der Waals surface area contributed by atoms with Crippen LogP contribution in [0.2, 0.25) is 5.02 Å². The smallest absolute Gasteiger partial charge is 0.416 e. The lowest BCUT2D eigenvalue weighted by atomic mass is 9.82. The minimum absolute atomic E-state index is 0.0218. The number of benzene rings is 3. The standard InChI is InChI=1S/C35H37ClF5N5O4S/c1-44(2)34(11-8-23-14-25(35(39,40)41)16-26(36)15-23)10-5-13-45(21-34)27-17-29(37)33(30(38)18-27)51(47,48)46(32-9-12-42-22-43-32)20-24-6-7-28(49-3)19-31(24)50-4/h6-7,9,12,14-19,22H,5,8,10-11,13,20-21H2,1-4H3/t34-/m1/s1. The van der Waals surface area contributed by atoms with Gasteiger partial charge in [0.25, 0.3) is 10.0 Å². The fourth-order valence-corrected chi connectivity index (χ4v) is 8.16. The zero-order chi connectivity index (χ0) is 37.1. The van der Waals surface area contributed by atoms with Gasteiger partial charge in [0.15, 0.2) is 4.90 Å². The van der Waals surface area contributed by atoms with Gasteiger partial charge in [-0.15, -0.1) is 0 Å². The Hall–Kier alpha value is -4.21. The number of hydrogen-bond donors (Lipinski definition) is 0. The third-order valence-corrected chi connectivity index (χ3v) is 11.2.